The summed E-state index contributed by atoms with van der Waals surface area (Å²) < 4.78 is 0. The molecule has 0 radical (unpaired) electrons. The van der Waals surface area contributed by atoms with E-state index in [2.05, 4.69) is 38.0 Å². The Morgan fingerprint density at radius 1 is 1.00 bits per heavy atom. The topological polar surface area (TPSA) is 74.1 Å². The van der Waals surface area contributed by atoms with Gasteiger partial charge in [-0.3, -0.25) is 9.88 Å². The van der Waals surface area contributed by atoms with Crippen LogP contribution >= 0.6 is 0 Å². The summed E-state index contributed by atoms with van der Waals surface area (Å²) in [6.45, 7) is 4.77. The van der Waals surface area contributed by atoms with E-state index in [-0.39, 0.29) is 0 Å². The highest BCUT2D eigenvalue weighted by Crippen LogP contribution is 2.32. The highest BCUT2D eigenvalue weighted by atomic mass is 15.3. The lowest BCUT2D eigenvalue weighted by molar-refractivity contribution is 0.260. The molecule has 152 valence electrons. The molecule has 0 aliphatic carbocycles. The number of aromatic nitrogens is 3. The number of anilines is 2. The smallest absolute Gasteiger partial charge is 0.142 e. The van der Waals surface area contributed by atoms with Gasteiger partial charge in [0.15, 0.2) is 0 Å². The van der Waals surface area contributed by atoms with E-state index >= 15 is 0 Å². The van der Waals surface area contributed by atoms with E-state index in [4.69, 9.17) is 10.7 Å². The van der Waals surface area contributed by atoms with Gasteiger partial charge >= 0.3 is 0 Å². The molecular formula is C24H26N6. The first-order chi connectivity index (χ1) is 14.8. The molecule has 1 atom stereocenters. The van der Waals surface area contributed by atoms with E-state index in [1.54, 1.807) is 0 Å². The largest absolute Gasteiger partial charge is 0.398 e. The van der Waals surface area contributed by atoms with Gasteiger partial charge in [0.2, 0.25) is 0 Å². The number of fused-ring (bicyclic) bond motifs is 2. The standard InChI is InChI=1S/C24H26N6/c25-23-18-5-1-2-6-20(18)26-14-19(23)24-27-21-8-7-16(13-22(21)28-24)30-12-9-17(15-30)29-10-3-4-11-29/h1-2,5-8,13-14,17H,3-4,9-12,15H2,(H2,25,26)(H,27,28). The number of likely N-dealkylation sites (tertiary alicyclic amines) is 1. The minimum Gasteiger partial charge on any atom is -0.398 e. The molecule has 2 fully saturated rings. The van der Waals surface area contributed by atoms with Crippen molar-refractivity contribution in [1.82, 2.24) is 19.9 Å². The van der Waals surface area contributed by atoms with Gasteiger partial charge in [-0.25, -0.2) is 4.98 Å². The Bertz CT molecular complexity index is 1220. The number of hydrogen-bond acceptors (Lipinski definition) is 5. The summed E-state index contributed by atoms with van der Waals surface area (Å²) in [6, 6.07) is 15.2. The van der Waals surface area contributed by atoms with Crippen LogP contribution in [-0.4, -0.2) is 52.1 Å². The third-order valence-corrected chi connectivity index (χ3v) is 6.72. The van der Waals surface area contributed by atoms with Crippen molar-refractivity contribution in [1.29, 1.82) is 0 Å². The molecule has 4 aromatic rings. The van der Waals surface area contributed by atoms with Crippen LogP contribution in [0.5, 0.6) is 0 Å². The first-order valence-corrected chi connectivity index (χ1v) is 10.9. The summed E-state index contributed by atoms with van der Waals surface area (Å²) in [5.41, 5.74) is 12.2. The number of aromatic amines is 1. The molecule has 2 aliphatic rings. The number of hydrogen-bond donors (Lipinski definition) is 2. The SMILES string of the molecule is Nc1c(-c2nc3ccc(N4CCC(N5CCCC5)C4)cc3[nH]2)cnc2ccccc12. The number of nitrogens with one attached hydrogen (secondary N) is 1. The summed E-state index contributed by atoms with van der Waals surface area (Å²) in [5, 5.41) is 0.959. The van der Waals surface area contributed by atoms with Crippen LogP contribution in [-0.2, 0) is 0 Å². The predicted octanol–water partition coefficient (Wildman–Crippen LogP) is 4.03. The molecule has 3 N–H and O–H groups in total. The second-order valence-corrected chi connectivity index (χ2v) is 8.52. The molecule has 0 spiro atoms. The van der Waals surface area contributed by atoms with Crippen molar-refractivity contribution in [3.05, 3.63) is 48.7 Å². The Balaban J connectivity index is 1.31. The molecule has 6 heteroatoms. The number of nitrogen functional groups attached to an aromatic ring is 1. The maximum Gasteiger partial charge on any atom is 0.142 e. The molecule has 30 heavy (non-hydrogen) atoms. The van der Waals surface area contributed by atoms with Crippen LogP contribution in [0.3, 0.4) is 0 Å². The Kier molecular flexibility index (Phi) is 4.13. The van der Waals surface area contributed by atoms with Gasteiger partial charge in [-0.2, -0.15) is 0 Å². The Morgan fingerprint density at radius 3 is 2.77 bits per heavy atom. The van der Waals surface area contributed by atoms with E-state index in [0.717, 1.165) is 46.4 Å². The lowest BCUT2D eigenvalue weighted by Gasteiger charge is -2.24. The lowest BCUT2D eigenvalue weighted by atomic mass is 10.1. The van der Waals surface area contributed by atoms with E-state index in [1.807, 2.05) is 30.5 Å². The van der Waals surface area contributed by atoms with Crippen molar-refractivity contribution in [3.63, 3.8) is 0 Å². The third-order valence-electron chi connectivity index (χ3n) is 6.72. The summed E-state index contributed by atoms with van der Waals surface area (Å²) >= 11 is 0. The van der Waals surface area contributed by atoms with Gasteiger partial charge < -0.3 is 15.6 Å². The molecule has 6 rings (SSSR count). The highest BCUT2D eigenvalue weighted by Gasteiger charge is 2.29. The number of H-pyrrole nitrogens is 1. The Hall–Kier alpha value is -3.12. The molecule has 2 aliphatic heterocycles. The zero-order chi connectivity index (χ0) is 20.1. The second kappa shape index (κ2) is 6.99. The Morgan fingerprint density at radius 2 is 1.87 bits per heavy atom. The number of pyridine rings is 1. The highest BCUT2D eigenvalue weighted by molar-refractivity contribution is 5.97. The summed E-state index contributed by atoms with van der Waals surface area (Å²) in [6.07, 6.45) is 5.78. The maximum absolute atomic E-state index is 6.46. The zero-order valence-electron chi connectivity index (χ0n) is 17.0. The molecule has 2 aromatic heterocycles. The molecular weight excluding hydrogens is 372 g/mol. The third kappa shape index (κ3) is 2.91. The summed E-state index contributed by atoms with van der Waals surface area (Å²) in [5.74, 6) is 0.772. The quantitative estimate of drug-likeness (QED) is 0.545. The van der Waals surface area contributed by atoms with Gasteiger partial charge in [0.1, 0.15) is 5.82 Å². The van der Waals surface area contributed by atoms with Gasteiger partial charge in [-0.15, -0.1) is 0 Å². The van der Waals surface area contributed by atoms with E-state index < -0.39 is 0 Å². The summed E-state index contributed by atoms with van der Waals surface area (Å²) in [7, 11) is 0. The fraction of sp³-hybridized carbons (Fsp3) is 0.333. The van der Waals surface area contributed by atoms with Crippen molar-refractivity contribution >= 4 is 33.3 Å². The van der Waals surface area contributed by atoms with E-state index in [1.165, 1.54) is 38.0 Å². The monoisotopic (exact) mass is 398 g/mol. The zero-order valence-corrected chi connectivity index (χ0v) is 17.0. The van der Waals surface area contributed by atoms with Gasteiger partial charge in [0, 0.05) is 36.4 Å². The van der Waals surface area contributed by atoms with Crippen LogP contribution in [0.4, 0.5) is 11.4 Å². The van der Waals surface area contributed by atoms with Crippen LogP contribution in [0.25, 0.3) is 33.3 Å². The molecule has 0 saturated carbocycles. The van der Waals surface area contributed by atoms with Crippen LogP contribution in [0.1, 0.15) is 19.3 Å². The molecule has 0 bridgehead atoms. The minimum absolute atomic E-state index is 0.698. The van der Waals surface area contributed by atoms with Crippen molar-refractivity contribution in [2.75, 3.05) is 36.8 Å². The normalized spacial score (nSPS) is 20.0. The fourth-order valence-electron chi connectivity index (χ4n) is 5.05. The average Bonchev–Trinajstić information content (AvgIpc) is 3.53. The molecule has 1 unspecified atom stereocenters. The van der Waals surface area contributed by atoms with Crippen LogP contribution < -0.4 is 10.6 Å². The van der Waals surface area contributed by atoms with Crippen molar-refractivity contribution in [2.24, 2.45) is 0 Å². The van der Waals surface area contributed by atoms with E-state index in [0.29, 0.717) is 11.7 Å². The fourth-order valence-corrected chi connectivity index (χ4v) is 5.05. The van der Waals surface area contributed by atoms with Crippen molar-refractivity contribution in [2.45, 2.75) is 25.3 Å². The van der Waals surface area contributed by atoms with Crippen molar-refractivity contribution < 1.29 is 0 Å². The number of para-hydroxylation sites is 1. The first kappa shape index (κ1) is 17.7. The molecule has 0 amide bonds. The number of rotatable bonds is 3. The molecule has 6 nitrogen and oxygen atoms in total. The number of nitrogens with zero attached hydrogens (tertiary/aromatic N) is 4. The summed E-state index contributed by atoms with van der Waals surface area (Å²) in [4.78, 5) is 18.0. The van der Waals surface area contributed by atoms with Gasteiger partial charge in [0.05, 0.1) is 27.8 Å². The molecule has 2 aromatic carbocycles. The average molecular weight is 399 g/mol. The number of nitrogens with two attached hydrogens (primary N) is 1. The Labute approximate surface area is 175 Å². The van der Waals surface area contributed by atoms with Crippen LogP contribution in [0.15, 0.2) is 48.7 Å². The molecule has 4 heterocycles. The second-order valence-electron chi connectivity index (χ2n) is 8.52. The predicted molar refractivity (Wildman–Crippen MR) is 123 cm³/mol. The molecule has 2 saturated heterocycles. The minimum atomic E-state index is 0.698. The maximum atomic E-state index is 6.46. The lowest BCUT2D eigenvalue weighted by Crippen LogP contribution is -2.35. The van der Waals surface area contributed by atoms with Gasteiger partial charge in [-0.05, 0) is 56.6 Å². The van der Waals surface area contributed by atoms with Crippen LogP contribution in [0, 0.1) is 0 Å². The van der Waals surface area contributed by atoms with Crippen LogP contribution in [0.2, 0.25) is 0 Å². The first-order valence-electron chi connectivity index (χ1n) is 10.9. The number of benzene rings is 2. The van der Waals surface area contributed by atoms with E-state index in [9.17, 15) is 0 Å². The van der Waals surface area contributed by atoms with Gasteiger partial charge in [-0.1, -0.05) is 18.2 Å². The van der Waals surface area contributed by atoms with Crippen molar-refractivity contribution in [3.8, 4) is 11.4 Å². The number of imidazole rings is 1. The van der Waals surface area contributed by atoms with Gasteiger partial charge in [0.25, 0.3) is 0 Å².